The van der Waals surface area contributed by atoms with Crippen LogP contribution < -0.4 is 4.90 Å². The first-order valence-corrected chi connectivity index (χ1v) is 15.5. The second-order valence-electron chi connectivity index (χ2n) is 11.1. The number of carboxylic acids is 3. The molecule has 0 aromatic heterocycles. The molecule has 3 aromatic carbocycles. The molecule has 5 rings (SSSR count). The summed E-state index contributed by atoms with van der Waals surface area (Å²) in [5.74, 6) is -3.57. The number of allylic oxidation sites excluding steroid dienone is 1. The Morgan fingerprint density at radius 2 is 1.28 bits per heavy atom. The van der Waals surface area contributed by atoms with Gasteiger partial charge in [0.05, 0.1) is 18.4 Å². The lowest BCUT2D eigenvalue weighted by Crippen LogP contribution is -2.29. The number of carbonyl (C=O) groups is 5. The second kappa shape index (κ2) is 21.0. The molecule has 1 fully saturated rings. The Morgan fingerprint density at radius 3 is 1.72 bits per heavy atom. The van der Waals surface area contributed by atoms with Gasteiger partial charge in [0.15, 0.2) is 0 Å². The normalized spacial score (nSPS) is 14.5. The van der Waals surface area contributed by atoms with E-state index in [9.17, 15) is 29.1 Å². The first kappa shape index (κ1) is 40.0. The Kier molecular flexibility index (Phi) is 16.8. The van der Waals surface area contributed by atoms with E-state index in [1.54, 1.807) is 24.3 Å². The van der Waals surface area contributed by atoms with Gasteiger partial charge >= 0.3 is 17.9 Å². The number of aliphatic carboxylic acids is 3. The van der Waals surface area contributed by atoms with Gasteiger partial charge in [0, 0.05) is 34.8 Å². The summed E-state index contributed by atoms with van der Waals surface area (Å²) in [5, 5.41) is 25.5. The number of carbonyl (C=O) groups excluding carboxylic acids is 2. The van der Waals surface area contributed by atoms with Gasteiger partial charge in [-0.1, -0.05) is 111 Å². The molecule has 10 heteroatoms. The van der Waals surface area contributed by atoms with E-state index in [4.69, 9.17) is 14.9 Å². The van der Waals surface area contributed by atoms with Crippen molar-refractivity contribution in [2.45, 2.75) is 32.3 Å². The van der Waals surface area contributed by atoms with Gasteiger partial charge in [0.25, 0.3) is 11.8 Å². The zero-order chi connectivity index (χ0) is 37.1. The highest BCUT2D eigenvalue weighted by molar-refractivity contribution is 6.28. The van der Waals surface area contributed by atoms with E-state index in [2.05, 4.69) is 19.7 Å². The molecule has 2 aliphatic rings. The number of rotatable bonds is 12. The molecule has 3 aromatic rings. The quantitative estimate of drug-likeness (QED) is 0.107. The highest BCUT2D eigenvalue weighted by Gasteiger charge is 2.24. The summed E-state index contributed by atoms with van der Waals surface area (Å²) in [5.41, 5.74) is 3.43. The van der Waals surface area contributed by atoms with E-state index in [0.717, 1.165) is 29.1 Å². The third-order valence-electron chi connectivity index (χ3n) is 7.00. The molecule has 3 N–H and O–H groups in total. The summed E-state index contributed by atoms with van der Waals surface area (Å²) < 4.78 is 4.90. The Balaban J connectivity index is 0.000000255. The SMILES string of the molecule is C=C(C(=O)O)C(C=Cc1ccccc1)Cc1ccccc1.C=C(C)C(=O)O.C=C(CCC1CO1)C(=O)O.O=C1C=CC(=O)N1c1ccccc1. The molecule has 0 spiro atoms. The van der Waals surface area contributed by atoms with Crippen molar-refractivity contribution in [1.29, 1.82) is 0 Å². The monoisotopic (exact) mass is 679 g/mol. The number of anilines is 1. The van der Waals surface area contributed by atoms with Crippen LogP contribution in [-0.2, 0) is 35.1 Å². The zero-order valence-electron chi connectivity index (χ0n) is 27.8. The zero-order valence-corrected chi connectivity index (χ0v) is 27.8. The van der Waals surface area contributed by atoms with Crippen molar-refractivity contribution in [3.05, 3.63) is 157 Å². The van der Waals surface area contributed by atoms with Crippen LogP contribution in [0.4, 0.5) is 5.69 Å². The Bertz CT molecular complexity index is 1680. The average Bonchev–Trinajstić information content (AvgIpc) is 3.88. The molecular weight excluding hydrogens is 638 g/mol. The van der Waals surface area contributed by atoms with Gasteiger partial charge in [-0.05, 0) is 49.4 Å². The number of ether oxygens (including phenoxy) is 1. The van der Waals surface area contributed by atoms with E-state index in [-0.39, 0.29) is 34.5 Å². The predicted molar refractivity (Wildman–Crippen MR) is 192 cm³/mol. The van der Waals surface area contributed by atoms with E-state index in [1.165, 1.54) is 19.1 Å². The van der Waals surface area contributed by atoms with Crippen LogP contribution in [0.1, 0.15) is 30.9 Å². The summed E-state index contributed by atoms with van der Waals surface area (Å²) in [4.78, 5) is 54.5. The fourth-order valence-corrected chi connectivity index (χ4v) is 4.03. The minimum atomic E-state index is -0.950. The molecule has 0 radical (unpaired) electrons. The molecular formula is C40H41NO9. The Morgan fingerprint density at radius 1 is 0.800 bits per heavy atom. The molecule has 2 aliphatic heterocycles. The van der Waals surface area contributed by atoms with Gasteiger partial charge in [-0.25, -0.2) is 19.3 Å². The van der Waals surface area contributed by atoms with Gasteiger partial charge in [0.1, 0.15) is 0 Å². The smallest absolute Gasteiger partial charge is 0.331 e. The summed E-state index contributed by atoms with van der Waals surface area (Å²) in [7, 11) is 0. The van der Waals surface area contributed by atoms with Crippen LogP contribution in [0.3, 0.4) is 0 Å². The number of amides is 2. The van der Waals surface area contributed by atoms with E-state index in [1.807, 2.05) is 78.9 Å². The highest BCUT2D eigenvalue weighted by Crippen LogP contribution is 2.20. The van der Waals surface area contributed by atoms with Gasteiger partial charge in [0.2, 0.25) is 0 Å². The fourth-order valence-electron chi connectivity index (χ4n) is 4.03. The van der Waals surface area contributed by atoms with Crippen LogP contribution in [0.15, 0.2) is 146 Å². The maximum absolute atomic E-state index is 11.2. The largest absolute Gasteiger partial charge is 0.478 e. The van der Waals surface area contributed by atoms with Crippen LogP contribution in [0.2, 0.25) is 0 Å². The molecule has 10 nitrogen and oxygen atoms in total. The van der Waals surface area contributed by atoms with Crippen LogP contribution in [0, 0.1) is 5.92 Å². The van der Waals surface area contributed by atoms with Gasteiger partial charge in [-0.15, -0.1) is 0 Å². The van der Waals surface area contributed by atoms with Gasteiger partial charge in [-0.3, -0.25) is 9.59 Å². The van der Waals surface area contributed by atoms with Crippen LogP contribution in [0.5, 0.6) is 0 Å². The third kappa shape index (κ3) is 15.2. The van der Waals surface area contributed by atoms with E-state index >= 15 is 0 Å². The van der Waals surface area contributed by atoms with Gasteiger partial charge < -0.3 is 20.1 Å². The van der Waals surface area contributed by atoms with Crippen molar-refractivity contribution in [1.82, 2.24) is 0 Å². The number of imide groups is 1. The number of nitrogens with zero attached hydrogens (tertiary/aromatic N) is 1. The first-order valence-electron chi connectivity index (χ1n) is 15.5. The minimum Gasteiger partial charge on any atom is -0.478 e. The third-order valence-corrected chi connectivity index (χ3v) is 7.00. The highest BCUT2D eigenvalue weighted by atomic mass is 16.6. The maximum atomic E-state index is 11.2. The number of benzene rings is 3. The van der Waals surface area contributed by atoms with E-state index < -0.39 is 17.9 Å². The van der Waals surface area contributed by atoms with Crippen molar-refractivity contribution < 1.29 is 44.0 Å². The molecule has 260 valence electrons. The molecule has 2 heterocycles. The number of hydrogen-bond donors (Lipinski definition) is 3. The van der Waals surface area contributed by atoms with Crippen LogP contribution in [0.25, 0.3) is 6.08 Å². The van der Waals surface area contributed by atoms with Crippen molar-refractivity contribution >= 4 is 41.5 Å². The lowest BCUT2D eigenvalue weighted by atomic mass is 9.91. The molecule has 1 saturated heterocycles. The number of para-hydroxylation sites is 1. The van der Waals surface area contributed by atoms with Crippen molar-refractivity contribution in [2.75, 3.05) is 11.5 Å². The van der Waals surface area contributed by atoms with Crippen LogP contribution >= 0.6 is 0 Å². The molecule has 0 aliphatic carbocycles. The maximum Gasteiger partial charge on any atom is 0.331 e. The number of carboxylic acid groups (broad SMARTS) is 3. The number of hydrogen-bond acceptors (Lipinski definition) is 6. The molecule has 0 bridgehead atoms. The average molecular weight is 680 g/mol. The van der Waals surface area contributed by atoms with Crippen molar-refractivity contribution in [3.8, 4) is 0 Å². The summed E-state index contributed by atoms with van der Waals surface area (Å²) in [6, 6.07) is 28.6. The van der Waals surface area contributed by atoms with Gasteiger partial charge in [-0.2, -0.15) is 0 Å². The summed E-state index contributed by atoms with van der Waals surface area (Å²) in [6.07, 6.45) is 8.68. The molecule has 0 saturated carbocycles. The van der Waals surface area contributed by atoms with Crippen molar-refractivity contribution in [2.24, 2.45) is 5.92 Å². The van der Waals surface area contributed by atoms with Crippen molar-refractivity contribution in [3.63, 3.8) is 0 Å². The standard InChI is InChI=1S/C19H18O2.C10H7NO2.C7H10O3.C4H6O2/c1-15(19(20)21)18(14-17-10-6-3-7-11-17)13-12-16-8-4-2-5-9-16;12-9-6-7-10(13)11(9)8-4-2-1-3-5-8;1-5(7(8)9)2-3-6-4-10-6;1-3(2)4(5)6/h2-13,18H,1,14H2,(H,20,21);1-7H;6H,1-4H2,(H,8,9);1H2,2H3,(H,5,6). The molecule has 2 atom stereocenters. The Labute approximate surface area is 291 Å². The lowest BCUT2D eigenvalue weighted by Gasteiger charge is -2.13. The topological polar surface area (TPSA) is 162 Å². The summed E-state index contributed by atoms with van der Waals surface area (Å²) >= 11 is 0. The molecule has 50 heavy (non-hydrogen) atoms. The first-order chi connectivity index (χ1) is 23.8. The van der Waals surface area contributed by atoms with E-state index in [0.29, 0.717) is 24.6 Å². The number of epoxide rings is 1. The second-order valence-corrected chi connectivity index (χ2v) is 11.1. The summed E-state index contributed by atoms with van der Waals surface area (Å²) in [6.45, 7) is 12.5. The minimum absolute atomic E-state index is 0.176. The fraction of sp³-hybridized carbons (Fsp3) is 0.175. The molecule has 2 amide bonds. The molecule has 2 unspecified atom stereocenters. The lowest BCUT2D eigenvalue weighted by molar-refractivity contribution is -0.133. The van der Waals surface area contributed by atoms with Crippen LogP contribution in [-0.4, -0.2) is 57.8 Å². The Hall–Kier alpha value is -6.13. The predicted octanol–water partition coefficient (Wildman–Crippen LogP) is 6.77.